The van der Waals surface area contributed by atoms with Crippen LogP contribution in [0.3, 0.4) is 0 Å². The van der Waals surface area contributed by atoms with Gasteiger partial charge in [0.2, 0.25) is 11.8 Å². The minimum absolute atomic E-state index is 0.132. The third-order valence-electron chi connectivity index (χ3n) is 6.00. The van der Waals surface area contributed by atoms with Crippen molar-refractivity contribution >= 4 is 46.8 Å². The van der Waals surface area contributed by atoms with E-state index >= 15 is 0 Å². The first-order valence-electron chi connectivity index (χ1n) is 12.5. The van der Waals surface area contributed by atoms with Crippen LogP contribution in [-0.4, -0.2) is 42.2 Å². The van der Waals surface area contributed by atoms with Gasteiger partial charge >= 0.3 is 0 Å². The van der Waals surface area contributed by atoms with Crippen molar-refractivity contribution in [1.29, 1.82) is 0 Å². The standard InChI is InChI=1S/C30H34Cl2N2O3S/c1-21(2)17-33-30(36)28(16-22-8-5-4-6-9-22)34(18-25-26(31)10-7-11-27(25)32)29(35)20-38-19-23-12-14-24(37-3)15-13-23/h4-15,21,28H,16-20H2,1-3H3,(H,33,36)/t28-/m1/s1. The van der Waals surface area contributed by atoms with Crippen LogP contribution in [0.25, 0.3) is 0 Å². The molecule has 0 aliphatic carbocycles. The number of thioether (sulfide) groups is 1. The van der Waals surface area contributed by atoms with Gasteiger partial charge in [0.05, 0.1) is 12.9 Å². The van der Waals surface area contributed by atoms with Gasteiger partial charge in [-0.3, -0.25) is 9.59 Å². The fourth-order valence-corrected chi connectivity index (χ4v) is 5.28. The predicted octanol–water partition coefficient (Wildman–Crippen LogP) is 6.65. The molecule has 3 aromatic rings. The van der Waals surface area contributed by atoms with E-state index in [1.807, 2.05) is 68.4 Å². The zero-order valence-corrected chi connectivity index (χ0v) is 24.3. The molecule has 1 atom stereocenters. The van der Waals surface area contributed by atoms with Gasteiger partial charge in [-0.2, -0.15) is 0 Å². The number of amides is 2. The topological polar surface area (TPSA) is 58.6 Å². The smallest absolute Gasteiger partial charge is 0.243 e. The summed E-state index contributed by atoms with van der Waals surface area (Å²) in [4.78, 5) is 28.9. The molecule has 0 fully saturated rings. The first-order chi connectivity index (χ1) is 18.3. The van der Waals surface area contributed by atoms with Crippen LogP contribution in [0, 0.1) is 5.92 Å². The van der Waals surface area contributed by atoms with E-state index in [2.05, 4.69) is 5.32 Å². The second-order valence-corrected chi connectivity index (χ2v) is 11.2. The van der Waals surface area contributed by atoms with Crippen molar-refractivity contribution in [3.8, 4) is 5.75 Å². The van der Waals surface area contributed by atoms with Crippen LogP contribution < -0.4 is 10.1 Å². The Balaban J connectivity index is 1.87. The fraction of sp³-hybridized carbons (Fsp3) is 0.333. The third kappa shape index (κ3) is 8.97. The molecule has 0 saturated heterocycles. The maximum atomic E-state index is 13.8. The summed E-state index contributed by atoms with van der Waals surface area (Å²) < 4.78 is 5.22. The number of benzene rings is 3. The Morgan fingerprint density at radius 3 is 2.18 bits per heavy atom. The molecule has 3 rings (SSSR count). The number of nitrogens with one attached hydrogen (secondary N) is 1. The Bertz CT molecular complexity index is 1170. The highest BCUT2D eigenvalue weighted by atomic mass is 35.5. The number of carbonyl (C=O) groups excluding carboxylic acids is 2. The van der Waals surface area contributed by atoms with Crippen LogP contribution in [0.2, 0.25) is 10.0 Å². The van der Waals surface area contributed by atoms with Crippen molar-refractivity contribution in [3.63, 3.8) is 0 Å². The maximum Gasteiger partial charge on any atom is 0.243 e. The SMILES string of the molecule is COc1ccc(CSCC(=O)N(Cc2c(Cl)cccc2Cl)[C@H](Cc2ccccc2)C(=O)NCC(C)C)cc1. The Morgan fingerprint density at radius 2 is 1.58 bits per heavy atom. The predicted molar refractivity (Wildman–Crippen MR) is 158 cm³/mol. The van der Waals surface area contributed by atoms with Crippen molar-refractivity contribution in [2.24, 2.45) is 5.92 Å². The Labute approximate surface area is 239 Å². The van der Waals surface area contributed by atoms with Crippen molar-refractivity contribution in [2.75, 3.05) is 19.4 Å². The summed E-state index contributed by atoms with van der Waals surface area (Å²) in [5.74, 6) is 1.57. The van der Waals surface area contributed by atoms with Crippen LogP contribution in [0.5, 0.6) is 5.75 Å². The zero-order valence-electron chi connectivity index (χ0n) is 22.0. The molecule has 3 aromatic carbocycles. The van der Waals surface area contributed by atoms with Crippen LogP contribution in [-0.2, 0) is 28.3 Å². The number of carbonyl (C=O) groups is 2. The monoisotopic (exact) mass is 572 g/mol. The molecule has 2 amide bonds. The van der Waals surface area contributed by atoms with Crippen molar-refractivity contribution in [1.82, 2.24) is 10.2 Å². The molecule has 0 aliphatic heterocycles. The van der Waals surface area contributed by atoms with Gasteiger partial charge in [0.25, 0.3) is 0 Å². The summed E-state index contributed by atoms with van der Waals surface area (Å²) >= 11 is 14.5. The largest absolute Gasteiger partial charge is 0.497 e. The molecule has 8 heteroatoms. The molecular formula is C30H34Cl2N2O3S. The summed E-state index contributed by atoms with van der Waals surface area (Å²) in [5, 5.41) is 3.95. The minimum atomic E-state index is -0.724. The Hall–Kier alpha value is -2.67. The maximum absolute atomic E-state index is 13.8. The quantitative estimate of drug-likeness (QED) is 0.249. The molecule has 0 aromatic heterocycles. The van der Waals surface area contributed by atoms with Gasteiger partial charge in [-0.15, -0.1) is 11.8 Å². The van der Waals surface area contributed by atoms with Gasteiger partial charge in [0, 0.05) is 40.9 Å². The highest BCUT2D eigenvalue weighted by Crippen LogP contribution is 2.28. The fourth-order valence-electron chi connectivity index (χ4n) is 3.89. The molecule has 0 unspecified atom stereocenters. The van der Waals surface area contributed by atoms with E-state index in [1.165, 1.54) is 11.8 Å². The zero-order chi connectivity index (χ0) is 27.5. The molecule has 0 aliphatic rings. The van der Waals surface area contributed by atoms with E-state index < -0.39 is 6.04 Å². The normalized spacial score (nSPS) is 11.7. The summed E-state index contributed by atoms with van der Waals surface area (Å²) in [5.41, 5.74) is 2.67. The van der Waals surface area contributed by atoms with E-state index in [0.717, 1.165) is 16.9 Å². The van der Waals surface area contributed by atoms with Gasteiger partial charge in [-0.25, -0.2) is 0 Å². The molecule has 0 heterocycles. The lowest BCUT2D eigenvalue weighted by atomic mass is 10.0. The van der Waals surface area contributed by atoms with E-state index in [4.69, 9.17) is 27.9 Å². The highest BCUT2D eigenvalue weighted by molar-refractivity contribution is 7.99. The highest BCUT2D eigenvalue weighted by Gasteiger charge is 2.31. The second kappa shape index (κ2) is 15.1. The van der Waals surface area contributed by atoms with Gasteiger partial charge < -0.3 is 15.0 Å². The minimum Gasteiger partial charge on any atom is -0.497 e. The summed E-state index contributed by atoms with van der Waals surface area (Å²) in [6.07, 6.45) is 0.377. The lowest BCUT2D eigenvalue weighted by molar-refractivity contribution is -0.139. The number of hydrogen-bond donors (Lipinski definition) is 1. The third-order valence-corrected chi connectivity index (χ3v) is 7.70. The number of methoxy groups -OCH3 is 1. The molecular weight excluding hydrogens is 539 g/mol. The van der Waals surface area contributed by atoms with E-state index in [0.29, 0.717) is 34.3 Å². The Kier molecular flexibility index (Phi) is 11.8. The van der Waals surface area contributed by atoms with E-state index in [-0.39, 0.29) is 30.0 Å². The molecule has 0 bridgehead atoms. The second-order valence-electron chi connectivity index (χ2n) is 9.41. The van der Waals surface area contributed by atoms with E-state index in [1.54, 1.807) is 30.2 Å². The van der Waals surface area contributed by atoms with Gasteiger partial charge in [-0.05, 0) is 41.3 Å². The van der Waals surface area contributed by atoms with Crippen LogP contribution in [0.4, 0.5) is 0 Å². The molecule has 1 N–H and O–H groups in total. The van der Waals surface area contributed by atoms with Crippen molar-refractivity contribution in [2.45, 2.75) is 38.6 Å². The number of halogens is 2. The Morgan fingerprint density at radius 1 is 0.921 bits per heavy atom. The van der Waals surface area contributed by atoms with Crippen molar-refractivity contribution in [3.05, 3.63) is 99.5 Å². The van der Waals surface area contributed by atoms with E-state index in [9.17, 15) is 9.59 Å². The first kappa shape index (κ1) is 29.9. The number of hydrogen-bond acceptors (Lipinski definition) is 4. The number of ether oxygens (including phenoxy) is 1. The molecule has 0 spiro atoms. The molecule has 0 saturated carbocycles. The molecule has 38 heavy (non-hydrogen) atoms. The number of nitrogens with zero attached hydrogens (tertiary/aromatic N) is 1. The average Bonchev–Trinajstić information content (AvgIpc) is 2.91. The first-order valence-corrected chi connectivity index (χ1v) is 14.4. The lowest BCUT2D eigenvalue weighted by Gasteiger charge is -2.32. The van der Waals surface area contributed by atoms with Gasteiger partial charge in [0.15, 0.2) is 0 Å². The summed E-state index contributed by atoms with van der Waals surface area (Å²) in [6.45, 7) is 4.72. The van der Waals surface area contributed by atoms with Gasteiger partial charge in [-0.1, -0.05) is 85.6 Å². The van der Waals surface area contributed by atoms with Crippen LogP contribution in [0.15, 0.2) is 72.8 Å². The lowest BCUT2D eigenvalue weighted by Crippen LogP contribution is -2.51. The van der Waals surface area contributed by atoms with Crippen LogP contribution >= 0.6 is 35.0 Å². The summed E-state index contributed by atoms with van der Waals surface area (Å²) in [6, 6.07) is 22.0. The average molecular weight is 574 g/mol. The van der Waals surface area contributed by atoms with Gasteiger partial charge in [0.1, 0.15) is 11.8 Å². The van der Waals surface area contributed by atoms with Crippen LogP contribution in [0.1, 0.15) is 30.5 Å². The molecule has 5 nitrogen and oxygen atoms in total. The van der Waals surface area contributed by atoms with Crippen molar-refractivity contribution < 1.29 is 14.3 Å². The number of rotatable bonds is 13. The summed E-state index contributed by atoms with van der Waals surface area (Å²) in [7, 11) is 1.63. The molecule has 202 valence electrons. The molecule has 0 radical (unpaired) electrons.